The molecule has 70 valence electrons. The topological polar surface area (TPSA) is 17.1 Å². The van der Waals surface area contributed by atoms with E-state index in [4.69, 9.17) is 0 Å². The molecule has 0 fully saturated rings. The molecule has 0 aromatic heterocycles. The fourth-order valence-electron chi connectivity index (χ4n) is 1.26. The van der Waals surface area contributed by atoms with Crippen LogP contribution in [-0.2, 0) is 11.2 Å². The minimum atomic E-state index is 0.230. The lowest BCUT2D eigenvalue weighted by molar-refractivity contribution is -0.115. The van der Waals surface area contributed by atoms with E-state index in [1.807, 2.05) is 12.1 Å². The van der Waals surface area contributed by atoms with Gasteiger partial charge in [-0.25, -0.2) is 0 Å². The van der Waals surface area contributed by atoms with Crippen molar-refractivity contribution < 1.29 is 4.79 Å². The number of carbonyl (C=O) groups excluding carboxylic acids is 1. The highest BCUT2D eigenvalue weighted by Gasteiger charge is 2.05. The molecule has 1 aromatic carbocycles. The summed E-state index contributed by atoms with van der Waals surface area (Å²) in [4.78, 5) is 11.2. The summed E-state index contributed by atoms with van der Waals surface area (Å²) >= 11 is 3.17. The first-order valence-electron chi connectivity index (χ1n) is 4.28. The van der Waals surface area contributed by atoms with Gasteiger partial charge in [0.2, 0.25) is 0 Å². The number of ketones is 1. The van der Waals surface area contributed by atoms with Crippen LogP contribution in [0.15, 0.2) is 18.2 Å². The van der Waals surface area contributed by atoms with E-state index in [0.29, 0.717) is 11.8 Å². The van der Waals surface area contributed by atoms with Crippen LogP contribution >= 0.6 is 15.9 Å². The number of benzene rings is 1. The Hall–Kier alpha value is -0.630. The highest BCUT2D eigenvalue weighted by atomic mass is 79.9. The van der Waals surface area contributed by atoms with Crippen LogP contribution in [0.3, 0.4) is 0 Å². The average Bonchev–Trinajstić information content (AvgIpc) is 2.13. The zero-order valence-electron chi connectivity index (χ0n) is 7.93. The standard InChI is InChI=1S/C11H13BrO/c1-8-4-3-5-10(9(8)2)6-11(13)7-12/h3-5H,6-7H2,1-2H3. The van der Waals surface area contributed by atoms with Crippen LogP contribution in [0.4, 0.5) is 0 Å². The van der Waals surface area contributed by atoms with Gasteiger partial charge >= 0.3 is 0 Å². The van der Waals surface area contributed by atoms with E-state index in [9.17, 15) is 4.79 Å². The van der Waals surface area contributed by atoms with Crippen molar-refractivity contribution in [3.05, 3.63) is 34.9 Å². The van der Waals surface area contributed by atoms with Gasteiger partial charge in [0.1, 0.15) is 5.78 Å². The normalized spacial score (nSPS) is 10.1. The number of alkyl halides is 1. The first-order chi connectivity index (χ1) is 6.15. The molecular formula is C11H13BrO. The summed E-state index contributed by atoms with van der Waals surface area (Å²) < 4.78 is 0. The van der Waals surface area contributed by atoms with Gasteiger partial charge in [-0.2, -0.15) is 0 Å². The van der Waals surface area contributed by atoms with Crippen LogP contribution < -0.4 is 0 Å². The van der Waals surface area contributed by atoms with E-state index in [1.54, 1.807) is 0 Å². The van der Waals surface area contributed by atoms with Crippen molar-refractivity contribution in [1.29, 1.82) is 0 Å². The zero-order valence-corrected chi connectivity index (χ0v) is 9.52. The summed E-state index contributed by atoms with van der Waals surface area (Å²) in [6.07, 6.45) is 0.540. The highest BCUT2D eigenvalue weighted by Crippen LogP contribution is 2.13. The third-order valence-electron chi connectivity index (χ3n) is 2.25. The maximum atomic E-state index is 11.2. The number of halogens is 1. The number of rotatable bonds is 3. The van der Waals surface area contributed by atoms with Crippen molar-refractivity contribution in [2.45, 2.75) is 20.3 Å². The molecule has 1 rings (SSSR count). The lowest BCUT2D eigenvalue weighted by Gasteiger charge is -2.06. The minimum Gasteiger partial charge on any atom is -0.298 e. The Morgan fingerprint density at radius 3 is 2.69 bits per heavy atom. The molecule has 0 aliphatic carbocycles. The molecule has 0 spiro atoms. The molecule has 2 heteroatoms. The first kappa shape index (κ1) is 10.5. The van der Waals surface area contributed by atoms with Gasteiger partial charge in [0.25, 0.3) is 0 Å². The van der Waals surface area contributed by atoms with Crippen LogP contribution in [0.5, 0.6) is 0 Å². The van der Waals surface area contributed by atoms with Crippen LogP contribution in [-0.4, -0.2) is 11.1 Å². The highest BCUT2D eigenvalue weighted by molar-refractivity contribution is 9.09. The second-order valence-corrected chi connectivity index (χ2v) is 3.77. The summed E-state index contributed by atoms with van der Waals surface area (Å²) in [5.74, 6) is 0.230. The molecule has 0 aliphatic rings. The third-order valence-corrected chi connectivity index (χ3v) is 2.88. The van der Waals surface area contributed by atoms with Gasteiger partial charge in [0.05, 0.1) is 5.33 Å². The molecule has 0 atom stereocenters. The van der Waals surface area contributed by atoms with Crippen LogP contribution in [0.1, 0.15) is 16.7 Å². The molecule has 0 unspecified atom stereocenters. The summed E-state index contributed by atoms with van der Waals surface area (Å²) in [7, 11) is 0. The van der Waals surface area contributed by atoms with Crippen LogP contribution in [0.2, 0.25) is 0 Å². The van der Waals surface area contributed by atoms with Gasteiger partial charge < -0.3 is 0 Å². The molecule has 0 aliphatic heterocycles. The Balaban J connectivity index is 2.89. The van der Waals surface area contributed by atoms with E-state index in [2.05, 4.69) is 35.8 Å². The van der Waals surface area contributed by atoms with Crippen molar-refractivity contribution in [1.82, 2.24) is 0 Å². The smallest absolute Gasteiger partial charge is 0.147 e. The minimum absolute atomic E-state index is 0.230. The molecule has 0 N–H and O–H groups in total. The van der Waals surface area contributed by atoms with Gasteiger partial charge in [-0.15, -0.1) is 0 Å². The second-order valence-electron chi connectivity index (χ2n) is 3.21. The van der Waals surface area contributed by atoms with Gasteiger partial charge in [-0.1, -0.05) is 34.1 Å². The largest absolute Gasteiger partial charge is 0.298 e. The second kappa shape index (κ2) is 4.56. The van der Waals surface area contributed by atoms with E-state index in [0.717, 1.165) is 5.56 Å². The first-order valence-corrected chi connectivity index (χ1v) is 5.40. The molecule has 0 radical (unpaired) electrons. The molecule has 13 heavy (non-hydrogen) atoms. The molecule has 0 bridgehead atoms. The Kier molecular flexibility index (Phi) is 3.67. The Morgan fingerprint density at radius 2 is 2.08 bits per heavy atom. The SMILES string of the molecule is Cc1cccc(CC(=O)CBr)c1C. The molecule has 0 heterocycles. The number of carbonyl (C=O) groups is 1. The van der Waals surface area contributed by atoms with Crippen molar-refractivity contribution in [2.75, 3.05) is 5.33 Å². The average molecular weight is 241 g/mol. The maximum absolute atomic E-state index is 11.2. The van der Waals surface area contributed by atoms with E-state index in [1.165, 1.54) is 11.1 Å². The summed E-state index contributed by atoms with van der Waals surface area (Å²) in [5.41, 5.74) is 3.63. The number of aryl methyl sites for hydroxylation is 1. The predicted octanol–water partition coefficient (Wildman–Crippen LogP) is 2.81. The summed E-state index contributed by atoms with van der Waals surface area (Å²) in [5, 5.41) is 0.445. The van der Waals surface area contributed by atoms with Crippen LogP contribution in [0, 0.1) is 13.8 Å². The molecule has 1 nitrogen and oxygen atoms in total. The fourth-order valence-corrected chi connectivity index (χ4v) is 1.46. The molecule has 0 amide bonds. The lowest BCUT2D eigenvalue weighted by atomic mass is 10.00. The van der Waals surface area contributed by atoms with Gasteiger partial charge in [-0.05, 0) is 30.5 Å². The van der Waals surface area contributed by atoms with Crippen molar-refractivity contribution in [3.8, 4) is 0 Å². The number of Topliss-reactive ketones (excluding diaryl/α,β-unsaturated/α-hetero) is 1. The van der Waals surface area contributed by atoms with Gasteiger partial charge in [0, 0.05) is 6.42 Å². The van der Waals surface area contributed by atoms with Crippen LogP contribution in [0.25, 0.3) is 0 Å². The fraction of sp³-hybridized carbons (Fsp3) is 0.364. The van der Waals surface area contributed by atoms with E-state index < -0.39 is 0 Å². The predicted molar refractivity (Wildman–Crippen MR) is 58.4 cm³/mol. The maximum Gasteiger partial charge on any atom is 0.147 e. The number of hydrogen-bond donors (Lipinski definition) is 0. The zero-order chi connectivity index (χ0) is 9.84. The quantitative estimate of drug-likeness (QED) is 0.743. The Morgan fingerprint density at radius 1 is 1.38 bits per heavy atom. The molecule has 0 saturated heterocycles. The Labute approximate surface area is 87.3 Å². The monoisotopic (exact) mass is 240 g/mol. The molecule has 0 saturated carbocycles. The van der Waals surface area contributed by atoms with Gasteiger partial charge in [-0.3, -0.25) is 4.79 Å². The molecule has 1 aromatic rings. The van der Waals surface area contributed by atoms with E-state index >= 15 is 0 Å². The van der Waals surface area contributed by atoms with Crippen molar-refractivity contribution in [3.63, 3.8) is 0 Å². The third kappa shape index (κ3) is 2.66. The van der Waals surface area contributed by atoms with Gasteiger partial charge in [0.15, 0.2) is 0 Å². The number of hydrogen-bond acceptors (Lipinski definition) is 1. The van der Waals surface area contributed by atoms with Crippen molar-refractivity contribution >= 4 is 21.7 Å². The van der Waals surface area contributed by atoms with E-state index in [-0.39, 0.29) is 5.78 Å². The molecular weight excluding hydrogens is 228 g/mol. The van der Waals surface area contributed by atoms with Crippen molar-refractivity contribution in [2.24, 2.45) is 0 Å². The Bertz CT molecular complexity index is 318. The lowest BCUT2D eigenvalue weighted by Crippen LogP contribution is -2.05. The summed E-state index contributed by atoms with van der Waals surface area (Å²) in [6, 6.07) is 6.08. The summed E-state index contributed by atoms with van der Waals surface area (Å²) in [6.45, 7) is 4.13.